The number of rotatable bonds is 5. The molecule has 1 fully saturated rings. The number of methoxy groups -OCH3 is 1. The zero-order chi connectivity index (χ0) is 14.7. The molecule has 3 rings (SSSR count). The van der Waals surface area contributed by atoms with Gasteiger partial charge < -0.3 is 14.6 Å². The third-order valence-electron chi connectivity index (χ3n) is 3.85. The predicted octanol–water partition coefficient (Wildman–Crippen LogP) is 2.77. The molecule has 2 aromatic rings. The van der Waals surface area contributed by atoms with Crippen LogP contribution in [-0.2, 0) is 11.3 Å². The summed E-state index contributed by atoms with van der Waals surface area (Å²) < 4.78 is 10.4. The van der Waals surface area contributed by atoms with Gasteiger partial charge in [0.25, 0.3) is 0 Å². The Kier molecular flexibility index (Phi) is 3.90. The maximum Gasteiger partial charge on any atom is 0.223 e. The third-order valence-corrected chi connectivity index (χ3v) is 3.85. The quantitative estimate of drug-likeness (QED) is 0.918. The summed E-state index contributed by atoms with van der Waals surface area (Å²) in [5, 5.41) is 6.89. The van der Waals surface area contributed by atoms with Gasteiger partial charge in [-0.3, -0.25) is 4.79 Å². The van der Waals surface area contributed by atoms with Gasteiger partial charge in [0, 0.05) is 17.5 Å². The minimum atomic E-state index is 0.121. The fourth-order valence-corrected chi connectivity index (χ4v) is 2.28. The molecule has 0 atom stereocenters. The number of ether oxygens (including phenoxy) is 1. The number of nitrogens with zero attached hydrogens (tertiary/aromatic N) is 1. The molecule has 0 aliphatic heterocycles. The summed E-state index contributed by atoms with van der Waals surface area (Å²) in [6.07, 6.45) is 3.16. The van der Waals surface area contributed by atoms with Crippen LogP contribution >= 0.6 is 0 Å². The summed E-state index contributed by atoms with van der Waals surface area (Å²) in [5.41, 5.74) is 1.66. The molecule has 0 unspecified atom stereocenters. The summed E-state index contributed by atoms with van der Waals surface area (Å²) in [7, 11) is 1.63. The first-order chi connectivity index (χ1) is 10.3. The van der Waals surface area contributed by atoms with Gasteiger partial charge in [-0.15, -0.1) is 0 Å². The van der Waals surface area contributed by atoms with Crippen molar-refractivity contribution < 1.29 is 14.1 Å². The Balaban J connectivity index is 1.61. The van der Waals surface area contributed by atoms with Crippen LogP contribution in [0.2, 0.25) is 0 Å². The molecule has 0 bridgehead atoms. The first kappa shape index (κ1) is 13.7. The van der Waals surface area contributed by atoms with Gasteiger partial charge in [-0.05, 0) is 37.1 Å². The molecular formula is C16H18N2O3. The van der Waals surface area contributed by atoms with Crippen LogP contribution in [0.4, 0.5) is 0 Å². The van der Waals surface area contributed by atoms with E-state index in [-0.39, 0.29) is 11.8 Å². The van der Waals surface area contributed by atoms with Crippen molar-refractivity contribution in [2.45, 2.75) is 25.8 Å². The molecule has 1 aromatic heterocycles. The van der Waals surface area contributed by atoms with Crippen LogP contribution in [0.25, 0.3) is 11.3 Å². The number of nitrogens with one attached hydrogen (secondary N) is 1. The van der Waals surface area contributed by atoms with Crippen LogP contribution in [0.15, 0.2) is 34.9 Å². The largest absolute Gasteiger partial charge is 0.497 e. The number of hydrogen-bond donors (Lipinski definition) is 1. The van der Waals surface area contributed by atoms with Gasteiger partial charge in [0.1, 0.15) is 11.4 Å². The fraction of sp³-hybridized carbons (Fsp3) is 0.375. The van der Waals surface area contributed by atoms with E-state index in [9.17, 15) is 4.79 Å². The highest BCUT2D eigenvalue weighted by molar-refractivity contribution is 5.79. The van der Waals surface area contributed by atoms with Gasteiger partial charge in [0.05, 0.1) is 13.7 Å². The van der Waals surface area contributed by atoms with Gasteiger partial charge in [-0.1, -0.05) is 11.6 Å². The van der Waals surface area contributed by atoms with Crippen LogP contribution in [0.5, 0.6) is 5.75 Å². The van der Waals surface area contributed by atoms with Crippen molar-refractivity contribution in [1.29, 1.82) is 0 Å². The van der Waals surface area contributed by atoms with Gasteiger partial charge >= 0.3 is 0 Å². The zero-order valence-electron chi connectivity index (χ0n) is 12.0. The smallest absolute Gasteiger partial charge is 0.223 e. The minimum Gasteiger partial charge on any atom is -0.497 e. The van der Waals surface area contributed by atoms with E-state index < -0.39 is 0 Å². The Morgan fingerprint density at radius 2 is 2.14 bits per heavy atom. The lowest BCUT2D eigenvalue weighted by Gasteiger charge is -2.23. The van der Waals surface area contributed by atoms with Crippen molar-refractivity contribution in [3.8, 4) is 17.1 Å². The van der Waals surface area contributed by atoms with Crippen LogP contribution in [0.3, 0.4) is 0 Å². The first-order valence-corrected chi connectivity index (χ1v) is 7.14. The Labute approximate surface area is 123 Å². The number of carbonyl (C=O) groups is 1. The zero-order valence-corrected chi connectivity index (χ0v) is 12.0. The van der Waals surface area contributed by atoms with Crippen molar-refractivity contribution >= 4 is 5.91 Å². The normalized spacial score (nSPS) is 14.5. The molecule has 1 saturated carbocycles. The molecule has 1 aliphatic carbocycles. The molecule has 1 N–H and O–H groups in total. The Bertz CT molecular complexity index is 615. The topological polar surface area (TPSA) is 64.4 Å². The standard InChI is InChI=1S/C16H18N2O3/c1-20-14-7-5-11(6-8-14)15-9-13(18-21-15)10-17-16(19)12-3-2-4-12/h5-9,12H,2-4,10H2,1H3,(H,17,19). The predicted molar refractivity (Wildman–Crippen MR) is 77.7 cm³/mol. The SMILES string of the molecule is COc1ccc(-c2cc(CNC(=O)C3CCC3)no2)cc1. The molecule has 5 nitrogen and oxygen atoms in total. The third kappa shape index (κ3) is 3.07. The summed E-state index contributed by atoms with van der Waals surface area (Å²) in [5.74, 6) is 1.80. The number of carbonyl (C=O) groups excluding carboxylic acids is 1. The first-order valence-electron chi connectivity index (χ1n) is 7.14. The second kappa shape index (κ2) is 5.99. The number of aromatic nitrogens is 1. The van der Waals surface area contributed by atoms with Gasteiger partial charge in [-0.2, -0.15) is 0 Å². The van der Waals surface area contributed by atoms with Gasteiger partial charge in [0.15, 0.2) is 5.76 Å². The summed E-state index contributed by atoms with van der Waals surface area (Å²) in [6.45, 7) is 0.412. The summed E-state index contributed by atoms with van der Waals surface area (Å²) in [6, 6.07) is 9.42. The van der Waals surface area contributed by atoms with Crippen LogP contribution < -0.4 is 10.1 Å². The Morgan fingerprint density at radius 3 is 2.76 bits per heavy atom. The van der Waals surface area contributed by atoms with Crippen molar-refractivity contribution in [2.24, 2.45) is 5.92 Å². The molecule has 1 aromatic carbocycles. The van der Waals surface area contributed by atoms with Crippen LogP contribution in [0, 0.1) is 5.92 Å². The molecule has 0 spiro atoms. The van der Waals surface area contributed by atoms with Gasteiger partial charge in [0.2, 0.25) is 5.91 Å². The molecule has 0 radical (unpaired) electrons. The van der Waals surface area contributed by atoms with E-state index in [2.05, 4.69) is 10.5 Å². The van der Waals surface area contributed by atoms with Crippen molar-refractivity contribution in [3.63, 3.8) is 0 Å². The lowest BCUT2D eigenvalue weighted by molar-refractivity contribution is -0.127. The molecule has 0 saturated heterocycles. The lowest BCUT2D eigenvalue weighted by Crippen LogP contribution is -2.34. The molecular weight excluding hydrogens is 268 g/mol. The maximum atomic E-state index is 11.8. The van der Waals surface area contributed by atoms with Crippen molar-refractivity contribution in [2.75, 3.05) is 7.11 Å². The average Bonchev–Trinajstić information content (AvgIpc) is 2.92. The van der Waals surface area contributed by atoms with Crippen molar-refractivity contribution in [1.82, 2.24) is 10.5 Å². The summed E-state index contributed by atoms with van der Waals surface area (Å²) in [4.78, 5) is 11.8. The molecule has 5 heteroatoms. The average molecular weight is 286 g/mol. The van der Waals surface area contributed by atoms with Crippen LogP contribution in [-0.4, -0.2) is 18.2 Å². The van der Waals surface area contributed by atoms with E-state index >= 15 is 0 Å². The molecule has 110 valence electrons. The van der Waals surface area contributed by atoms with E-state index in [1.54, 1.807) is 7.11 Å². The van der Waals surface area contributed by atoms with E-state index in [1.807, 2.05) is 30.3 Å². The maximum absolute atomic E-state index is 11.8. The van der Waals surface area contributed by atoms with Gasteiger partial charge in [-0.25, -0.2) is 0 Å². The highest BCUT2D eigenvalue weighted by Gasteiger charge is 2.24. The fourth-order valence-electron chi connectivity index (χ4n) is 2.28. The Hall–Kier alpha value is -2.30. The van der Waals surface area contributed by atoms with Crippen LogP contribution in [0.1, 0.15) is 25.0 Å². The number of benzene rings is 1. The highest BCUT2D eigenvalue weighted by atomic mass is 16.5. The molecule has 1 amide bonds. The Morgan fingerprint density at radius 1 is 1.38 bits per heavy atom. The second-order valence-electron chi connectivity index (χ2n) is 5.26. The monoisotopic (exact) mass is 286 g/mol. The number of hydrogen-bond acceptors (Lipinski definition) is 4. The highest BCUT2D eigenvalue weighted by Crippen LogP contribution is 2.26. The van der Waals surface area contributed by atoms with Crippen molar-refractivity contribution in [3.05, 3.63) is 36.0 Å². The van der Waals surface area contributed by atoms with E-state index in [0.717, 1.165) is 36.3 Å². The summed E-state index contributed by atoms with van der Waals surface area (Å²) >= 11 is 0. The molecule has 1 heterocycles. The minimum absolute atomic E-state index is 0.121. The molecule has 21 heavy (non-hydrogen) atoms. The van der Waals surface area contributed by atoms with E-state index in [1.165, 1.54) is 0 Å². The number of amides is 1. The lowest BCUT2D eigenvalue weighted by atomic mass is 9.85. The van der Waals surface area contributed by atoms with E-state index in [0.29, 0.717) is 12.3 Å². The second-order valence-corrected chi connectivity index (χ2v) is 5.26. The van der Waals surface area contributed by atoms with E-state index in [4.69, 9.17) is 9.26 Å². The molecule has 1 aliphatic rings.